The van der Waals surface area contributed by atoms with Crippen molar-refractivity contribution in [3.05, 3.63) is 24.3 Å². The van der Waals surface area contributed by atoms with Crippen molar-refractivity contribution in [2.75, 3.05) is 0 Å². The van der Waals surface area contributed by atoms with Crippen LogP contribution < -0.4 is 0 Å². The van der Waals surface area contributed by atoms with Crippen molar-refractivity contribution >= 4 is 54.4 Å². The molecule has 0 unspecified atom stereocenters. The van der Waals surface area contributed by atoms with Crippen LogP contribution in [0.4, 0.5) is 0 Å². The van der Waals surface area contributed by atoms with Gasteiger partial charge in [-0.3, -0.25) is 0 Å². The Morgan fingerprint density at radius 3 is 1.57 bits per heavy atom. The molecule has 0 N–H and O–H groups in total. The van der Waals surface area contributed by atoms with Gasteiger partial charge in [0.1, 0.15) is 0 Å². The van der Waals surface area contributed by atoms with Crippen LogP contribution in [0.2, 0.25) is 9.63 Å². The van der Waals surface area contributed by atoms with E-state index in [4.69, 9.17) is 43.4 Å². The molecule has 0 aromatic rings. The molecule has 0 heterocycles. The zero-order valence-electron chi connectivity index (χ0n) is 13.1. The van der Waals surface area contributed by atoms with E-state index >= 15 is 0 Å². The van der Waals surface area contributed by atoms with E-state index in [2.05, 4.69) is 24.3 Å². The van der Waals surface area contributed by atoms with Crippen molar-refractivity contribution in [2.24, 2.45) is 23.7 Å². The SMILES string of the molecule is Cl[C@@H]1C[C@@H]2C=CC[C@@H](C2)[C@H]1[Se](Cl)(Cl)[C@H]1[C@@H]2CC=C[C@@H](C2)C[C@@H]1Cl. The quantitative estimate of drug-likeness (QED) is 0.240. The fourth-order valence-electron chi connectivity index (χ4n) is 5.43. The van der Waals surface area contributed by atoms with Gasteiger partial charge in [0.25, 0.3) is 0 Å². The number of hydrogen-bond donors (Lipinski definition) is 0. The molecule has 4 rings (SSSR count). The van der Waals surface area contributed by atoms with E-state index in [1.165, 1.54) is 12.8 Å². The molecule has 0 aliphatic heterocycles. The van der Waals surface area contributed by atoms with Gasteiger partial charge in [-0.1, -0.05) is 0 Å². The number of hydrogen-bond acceptors (Lipinski definition) is 0. The maximum absolute atomic E-state index is 7.28. The molecule has 4 aliphatic rings. The van der Waals surface area contributed by atoms with Crippen LogP contribution >= 0.6 is 43.4 Å². The molecular weight excluding hydrogens is 437 g/mol. The predicted molar refractivity (Wildman–Crippen MR) is 104 cm³/mol. The number of alkyl halides is 2. The summed E-state index contributed by atoms with van der Waals surface area (Å²) in [5, 5.41) is 0.249. The van der Waals surface area contributed by atoms with Gasteiger partial charge in [0.15, 0.2) is 0 Å². The standard InChI is InChI=1S/C18H24Cl4Se/c19-15-9-11-3-1-5-13(7-11)17(15)23(21,22)18-14-6-2-4-12(8-14)10-16(18)20/h1-4,11-18H,5-10H2/t11-,12+,13+,14-,15-,16+,17-,18+. The van der Waals surface area contributed by atoms with E-state index in [1.807, 2.05) is 0 Å². The molecule has 8 atom stereocenters. The summed E-state index contributed by atoms with van der Waals surface area (Å²) in [5.41, 5.74) is 0. The summed E-state index contributed by atoms with van der Waals surface area (Å²) < 4.78 is 0. The van der Waals surface area contributed by atoms with Crippen LogP contribution in [0, 0.1) is 23.7 Å². The Hall–Kier alpha value is 1.16. The molecule has 4 bridgehead atoms. The third kappa shape index (κ3) is 3.17. The summed E-state index contributed by atoms with van der Waals surface area (Å²) in [5.74, 6) is 2.40. The molecule has 23 heavy (non-hydrogen) atoms. The fourth-order valence-corrected chi connectivity index (χ4v) is 20.7. The number of rotatable bonds is 2. The first kappa shape index (κ1) is 17.6. The molecule has 0 radical (unpaired) electrons. The van der Waals surface area contributed by atoms with Gasteiger partial charge in [-0.25, -0.2) is 0 Å². The van der Waals surface area contributed by atoms with E-state index in [0.717, 1.165) is 25.7 Å². The molecule has 4 aliphatic carbocycles. The van der Waals surface area contributed by atoms with Crippen molar-refractivity contribution in [1.29, 1.82) is 0 Å². The Morgan fingerprint density at radius 1 is 0.696 bits per heavy atom. The molecule has 0 spiro atoms. The third-order valence-corrected chi connectivity index (χ3v) is 18.2. The van der Waals surface area contributed by atoms with Crippen LogP contribution in [0.3, 0.4) is 0 Å². The summed E-state index contributed by atoms with van der Waals surface area (Å²) in [6, 6.07) is 0. The molecule has 5 heteroatoms. The van der Waals surface area contributed by atoms with Crippen molar-refractivity contribution in [3.8, 4) is 0 Å². The first-order chi connectivity index (χ1) is 11.0. The van der Waals surface area contributed by atoms with E-state index in [1.54, 1.807) is 0 Å². The predicted octanol–water partition coefficient (Wildman–Crippen LogP) is 6.83. The Kier molecular flexibility index (Phi) is 5.13. The van der Waals surface area contributed by atoms with Crippen molar-refractivity contribution < 1.29 is 0 Å². The van der Waals surface area contributed by atoms with E-state index < -0.39 is 11.0 Å². The monoisotopic (exact) mass is 460 g/mol. The van der Waals surface area contributed by atoms with Gasteiger partial charge in [0, 0.05) is 0 Å². The van der Waals surface area contributed by atoms with Gasteiger partial charge in [0.2, 0.25) is 0 Å². The van der Waals surface area contributed by atoms with Gasteiger partial charge in [-0.2, -0.15) is 0 Å². The second-order valence-corrected chi connectivity index (χ2v) is 19.7. The molecule has 0 nitrogen and oxygen atoms in total. The number of fused-ring (bicyclic) bond motifs is 4. The minimum atomic E-state index is -2.79. The van der Waals surface area contributed by atoms with Gasteiger partial charge in [0.05, 0.1) is 0 Å². The molecule has 0 aromatic heterocycles. The third-order valence-electron chi connectivity index (χ3n) is 6.33. The van der Waals surface area contributed by atoms with Crippen molar-refractivity contribution in [1.82, 2.24) is 0 Å². The Morgan fingerprint density at radius 2 is 1.13 bits per heavy atom. The Balaban J connectivity index is 1.63. The van der Waals surface area contributed by atoms with E-state index in [-0.39, 0.29) is 10.8 Å². The van der Waals surface area contributed by atoms with Crippen LogP contribution in [-0.4, -0.2) is 21.8 Å². The second-order valence-electron chi connectivity index (χ2n) is 7.82. The number of allylic oxidation sites excluding steroid dienone is 4. The summed E-state index contributed by atoms with van der Waals surface area (Å²) in [7, 11) is 14.6. The summed E-state index contributed by atoms with van der Waals surface area (Å²) >= 11 is 10.9. The second kappa shape index (κ2) is 6.71. The van der Waals surface area contributed by atoms with E-state index in [9.17, 15) is 0 Å². The molecule has 0 saturated heterocycles. The first-order valence-corrected chi connectivity index (χ1v) is 16.1. The normalized spacial score (nSPS) is 49.9. The summed E-state index contributed by atoms with van der Waals surface area (Å²) in [6.07, 6.45) is 16.0. The van der Waals surface area contributed by atoms with Crippen molar-refractivity contribution in [3.63, 3.8) is 0 Å². The zero-order chi connectivity index (χ0) is 16.2. The Labute approximate surface area is 160 Å². The molecule has 2 fully saturated rings. The first-order valence-electron chi connectivity index (χ1n) is 8.78. The molecule has 2 saturated carbocycles. The van der Waals surface area contributed by atoms with Crippen LogP contribution in [-0.2, 0) is 0 Å². The minimum absolute atomic E-state index is 0.124. The summed E-state index contributed by atoms with van der Waals surface area (Å²) in [4.78, 5) is 0.595. The molecule has 0 amide bonds. The fraction of sp³-hybridized carbons (Fsp3) is 0.778. The van der Waals surface area contributed by atoms with Crippen molar-refractivity contribution in [2.45, 2.75) is 58.9 Å². The van der Waals surface area contributed by atoms with Gasteiger partial charge in [-0.15, -0.1) is 0 Å². The van der Waals surface area contributed by atoms with Gasteiger partial charge < -0.3 is 0 Å². The van der Waals surface area contributed by atoms with Crippen LogP contribution in [0.1, 0.15) is 38.5 Å². The van der Waals surface area contributed by atoms with Gasteiger partial charge in [-0.05, 0) is 0 Å². The van der Waals surface area contributed by atoms with Crippen LogP contribution in [0.25, 0.3) is 0 Å². The Bertz CT molecular complexity index is 473. The van der Waals surface area contributed by atoms with E-state index in [0.29, 0.717) is 33.3 Å². The molecular formula is C18H24Cl4Se. The van der Waals surface area contributed by atoms with Crippen LogP contribution in [0.5, 0.6) is 0 Å². The summed E-state index contributed by atoms with van der Waals surface area (Å²) in [6.45, 7) is 0. The topological polar surface area (TPSA) is 0 Å². The van der Waals surface area contributed by atoms with Gasteiger partial charge >= 0.3 is 161 Å². The average molecular weight is 461 g/mol. The maximum atomic E-state index is 7.28. The molecule has 130 valence electrons. The average Bonchev–Trinajstić information content (AvgIpc) is 2.45. The number of halogens is 4. The van der Waals surface area contributed by atoms with Crippen LogP contribution in [0.15, 0.2) is 24.3 Å². The molecule has 0 aromatic carbocycles. The zero-order valence-corrected chi connectivity index (χ0v) is 17.8.